The number of esters is 1. The van der Waals surface area contributed by atoms with E-state index in [1.165, 1.54) is 0 Å². The third-order valence-electron chi connectivity index (χ3n) is 2.76. The lowest BCUT2D eigenvalue weighted by Gasteiger charge is -2.23. The van der Waals surface area contributed by atoms with Gasteiger partial charge >= 0.3 is 5.97 Å². The standard InChI is InChI=1S/C12H18N2O2S/c1-12(2,3)16-11(15)9-5-13-4-8(9)10-6-17-7-14-10/h6-9,13H,4-5H2,1-3H3. The number of aromatic nitrogens is 1. The predicted molar refractivity (Wildman–Crippen MR) is 67.1 cm³/mol. The average Bonchev–Trinajstić information content (AvgIpc) is 2.85. The summed E-state index contributed by atoms with van der Waals surface area (Å²) in [6, 6.07) is 0. The molecule has 17 heavy (non-hydrogen) atoms. The van der Waals surface area contributed by atoms with Gasteiger partial charge in [0.15, 0.2) is 0 Å². The zero-order valence-corrected chi connectivity index (χ0v) is 11.2. The van der Waals surface area contributed by atoms with Crippen LogP contribution in [0.5, 0.6) is 0 Å². The summed E-state index contributed by atoms with van der Waals surface area (Å²) in [6.45, 7) is 7.16. The maximum atomic E-state index is 12.1. The van der Waals surface area contributed by atoms with Crippen molar-refractivity contribution in [3.8, 4) is 0 Å². The van der Waals surface area contributed by atoms with Gasteiger partial charge < -0.3 is 10.1 Å². The van der Waals surface area contributed by atoms with Crippen LogP contribution in [0.1, 0.15) is 32.4 Å². The summed E-state index contributed by atoms with van der Waals surface area (Å²) in [5.74, 6) is -0.0899. The first kappa shape index (κ1) is 12.5. The first-order valence-corrected chi connectivity index (χ1v) is 6.73. The number of rotatable bonds is 2. The summed E-state index contributed by atoms with van der Waals surface area (Å²) < 4.78 is 5.45. The molecule has 0 aromatic carbocycles. The number of hydrogen-bond acceptors (Lipinski definition) is 5. The number of nitrogens with one attached hydrogen (secondary N) is 1. The smallest absolute Gasteiger partial charge is 0.311 e. The molecule has 0 saturated carbocycles. The molecule has 0 aliphatic carbocycles. The second-order valence-corrected chi connectivity index (χ2v) is 6.04. The van der Waals surface area contributed by atoms with E-state index in [1.807, 2.05) is 26.2 Å². The summed E-state index contributed by atoms with van der Waals surface area (Å²) >= 11 is 1.56. The van der Waals surface area contributed by atoms with Gasteiger partial charge in [0, 0.05) is 24.4 Å². The van der Waals surface area contributed by atoms with Crippen molar-refractivity contribution in [3.05, 3.63) is 16.6 Å². The molecule has 1 aliphatic heterocycles. The Morgan fingerprint density at radius 3 is 2.88 bits per heavy atom. The lowest BCUT2D eigenvalue weighted by atomic mass is 9.93. The van der Waals surface area contributed by atoms with Gasteiger partial charge in [0.1, 0.15) is 5.60 Å². The van der Waals surface area contributed by atoms with Crippen LogP contribution in [-0.4, -0.2) is 29.6 Å². The first-order valence-electron chi connectivity index (χ1n) is 5.79. The van der Waals surface area contributed by atoms with Crippen LogP contribution in [0.15, 0.2) is 10.9 Å². The van der Waals surface area contributed by atoms with Crippen molar-refractivity contribution in [1.29, 1.82) is 0 Å². The fourth-order valence-corrected chi connectivity index (χ4v) is 2.64. The van der Waals surface area contributed by atoms with Crippen LogP contribution in [0.3, 0.4) is 0 Å². The van der Waals surface area contributed by atoms with Crippen molar-refractivity contribution in [2.45, 2.75) is 32.3 Å². The normalized spacial score (nSPS) is 24.9. The molecule has 4 nitrogen and oxygen atoms in total. The zero-order valence-electron chi connectivity index (χ0n) is 10.4. The van der Waals surface area contributed by atoms with Gasteiger partial charge in [-0.2, -0.15) is 0 Å². The van der Waals surface area contributed by atoms with E-state index in [0.29, 0.717) is 6.54 Å². The largest absolute Gasteiger partial charge is 0.460 e. The van der Waals surface area contributed by atoms with Gasteiger partial charge in [0.25, 0.3) is 0 Å². The molecule has 2 unspecified atom stereocenters. The van der Waals surface area contributed by atoms with Gasteiger partial charge in [-0.1, -0.05) is 0 Å². The molecular formula is C12H18N2O2S. The molecule has 0 radical (unpaired) electrons. The molecule has 0 amide bonds. The number of nitrogens with zero attached hydrogens (tertiary/aromatic N) is 1. The van der Waals surface area contributed by atoms with Gasteiger partial charge in [-0.25, -0.2) is 4.98 Å². The first-order chi connectivity index (χ1) is 7.97. The summed E-state index contributed by atoms with van der Waals surface area (Å²) in [7, 11) is 0. The Hall–Kier alpha value is -0.940. The Morgan fingerprint density at radius 2 is 2.29 bits per heavy atom. The van der Waals surface area contributed by atoms with E-state index in [-0.39, 0.29) is 17.8 Å². The quantitative estimate of drug-likeness (QED) is 0.818. The van der Waals surface area contributed by atoms with Crippen molar-refractivity contribution >= 4 is 17.3 Å². The number of carbonyl (C=O) groups is 1. The third-order valence-corrected chi connectivity index (χ3v) is 3.36. The highest BCUT2D eigenvalue weighted by Crippen LogP contribution is 2.29. The highest BCUT2D eigenvalue weighted by molar-refractivity contribution is 7.07. The molecule has 5 heteroatoms. The van der Waals surface area contributed by atoms with Gasteiger partial charge in [0.05, 0.1) is 17.1 Å². The minimum absolute atomic E-state index is 0.115. The van der Waals surface area contributed by atoms with E-state index >= 15 is 0 Å². The molecule has 94 valence electrons. The fraction of sp³-hybridized carbons (Fsp3) is 0.667. The van der Waals surface area contributed by atoms with E-state index in [0.717, 1.165) is 12.2 Å². The van der Waals surface area contributed by atoms with E-state index in [1.54, 1.807) is 16.8 Å². The Kier molecular flexibility index (Phi) is 3.49. The Morgan fingerprint density at radius 1 is 1.53 bits per heavy atom. The van der Waals surface area contributed by atoms with Crippen molar-refractivity contribution in [3.63, 3.8) is 0 Å². The predicted octanol–water partition coefficient (Wildman–Crippen LogP) is 1.79. The van der Waals surface area contributed by atoms with Crippen molar-refractivity contribution in [2.24, 2.45) is 5.92 Å². The zero-order chi connectivity index (χ0) is 12.5. The van der Waals surface area contributed by atoms with Crippen molar-refractivity contribution in [2.75, 3.05) is 13.1 Å². The van der Waals surface area contributed by atoms with Crippen LogP contribution in [-0.2, 0) is 9.53 Å². The topological polar surface area (TPSA) is 51.2 Å². The number of ether oxygens (including phenoxy) is 1. The summed E-state index contributed by atoms with van der Waals surface area (Å²) in [5.41, 5.74) is 2.38. The fourth-order valence-electron chi connectivity index (χ4n) is 2.02. The number of hydrogen-bond donors (Lipinski definition) is 1. The van der Waals surface area contributed by atoms with Crippen LogP contribution < -0.4 is 5.32 Å². The summed E-state index contributed by atoms with van der Waals surface area (Å²) in [5, 5.41) is 5.25. The van der Waals surface area contributed by atoms with Crippen LogP contribution in [0.25, 0.3) is 0 Å². The summed E-state index contributed by atoms with van der Waals surface area (Å²) in [4.78, 5) is 16.4. The molecule has 1 aromatic rings. The van der Waals surface area contributed by atoms with Gasteiger partial charge in [-0.15, -0.1) is 11.3 Å². The maximum absolute atomic E-state index is 12.1. The molecule has 0 spiro atoms. The van der Waals surface area contributed by atoms with Crippen molar-refractivity contribution in [1.82, 2.24) is 10.3 Å². The van der Waals surface area contributed by atoms with E-state index in [9.17, 15) is 4.79 Å². The van der Waals surface area contributed by atoms with Gasteiger partial charge in [-0.05, 0) is 20.8 Å². The van der Waals surface area contributed by atoms with Crippen LogP contribution in [0.2, 0.25) is 0 Å². The molecule has 1 aromatic heterocycles. The molecule has 1 fully saturated rings. The van der Waals surface area contributed by atoms with Gasteiger partial charge in [0.2, 0.25) is 0 Å². The van der Waals surface area contributed by atoms with Crippen molar-refractivity contribution < 1.29 is 9.53 Å². The highest BCUT2D eigenvalue weighted by atomic mass is 32.1. The molecule has 1 aliphatic rings. The van der Waals surface area contributed by atoms with Crippen LogP contribution in [0, 0.1) is 5.92 Å². The summed E-state index contributed by atoms with van der Waals surface area (Å²) in [6.07, 6.45) is 0. The van der Waals surface area contributed by atoms with Gasteiger partial charge in [-0.3, -0.25) is 4.79 Å². The molecule has 1 saturated heterocycles. The van der Waals surface area contributed by atoms with E-state index < -0.39 is 5.60 Å². The Labute approximate surface area is 105 Å². The van der Waals surface area contributed by atoms with Crippen LogP contribution in [0.4, 0.5) is 0 Å². The second-order valence-electron chi connectivity index (χ2n) is 5.32. The maximum Gasteiger partial charge on any atom is 0.311 e. The van der Waals surface area contributed by atoms with E-state index in [4.69, 9.17) is 4.74 Å². The van der Waals surface area contributed by atoms with Crippen LogP contribution >= 0.6 is 11.3 Å². The minimum Gasteiger partial charge on any atom is -0.460 e. The lowest BCUT2D eigenvalue weighted by molar-refractivity contribution is -0.159. The number of carbonyl (C=O) groups excluding carboxylic acids is 1. The second kappa shape index (κ2) is 4.74. The Bertz CT molecular complexity index is 384. The third kappa shape index (κ3) is 3.04. The van der Waals surface area contributed by atoms with E-state index in [2.05, 4.69) is 10.3 Å². The molecule has 2 heterocycles. The molecule has 2 rings (SSSR count). The molecule has 1 N–H and O–H groups in total. The lowest BCUT2D eigenvalue weighted by Crippen LogP contribution is -2.31. The molecule has 2 atom stereocenters. The highest BCUT2D eigenvalue weighted by Gasteiger charge is 2.37. The average molecular weight is 254 g/mol. The number of thiazole rings is 1. The minimum atomic E-state index is -0.424. The Balaban J connectivity index is 2.07. The SMILES string of the molecule is CC(C)(C)OC(=O)C1CNCC1c1cscn1. The molecular weight excluding hydrogens is 236 g/mol. The monoisotopic (exact) mass is 254 g/mol. The molecule has 0 bridgehead atoms.